The monoisotopic (exact) mass is 762 g/mol. The number of nitrogens with one attached hydrogen (secondary N) is 3. The average Bonchev–Trinajstić information content (AvgIpc) is 3.81. The van der Waals surface area contributed by atoms with Gasteiger partial charge in [0.1, 0.15) is 20.8 Å². The number of thiazole rings is 1. The SMILES string of the molecule is CCn1c(=O)/c(=C2\Sc3c(Cl)cccc3N2C)s/c1=C\c1cccc[n+]1CCCCCCNC(=O)CCCC[C@@H]1SC[C@@H]2NC(=O)N[C@@H]21.[Cl-]. The predicted octanol–water partition coefficient (Wildman–Crippen LogP) is 1.41. The molecule has 9 nitrogen and oxygen atoms in total. The zero-order valence-electron chi connectivity index (χ0n) is 27.9. The van der Waals surface area contributed by atoms with Gasteiger partial charge in [0, 0.05) is 62.2 Å². The van der Waals surface area contributed by atoms with E-state index in [-0.39, 0.29) is 42.0 Å². The van der Waals surface area contributed by atoms with Crippen LogP contribution in [0.1, 0.15) is 64.0 Å². The van der Waals surface area contributed by atoms with Crippen LogP contribution in [0.15, 0.2) is 52.3 Å². The number of unbranched alkanes of at least 4 members (excludes halogenated alkanes) is 4. The van der Waals surface area contributed by atoms with Gasteiger partial charge in [-0.15, -0.1) is 11.3 Å². The lowest BCUT2D eigenvalue weighted by Gasteiger charge is -2.16. The van der Waals surface area contributed by atoms with E-state index in [9.17, 15) is 14.4 Å². The van der Waals surface area contributed by atoms with Crippen LogP contribution in [0.4, 0.5) is 10.5 Å². The lowest BCUT2D eigenvalue weighted by molar-refractivity contribution is -0.699. The molecule has 5 heterocycles. The van der Waals surface area contributed by atoms with E-state index in [2.05, 4.69) is 43.8 Å². The average molecular weight is 764 g/mol. The molecule has 0 radical (unpaired) electrons. The molecule has 3 N–H and O–H groups in total. The highest BCUT2D eigenvalue weighted by molar-refractivity contribution is 8.08. The number of urea groups is 1. The fourth-order valence-corrected chi connectivity index (χ4v) is 10.9. The maximum atomic E-state index is 13.6. The van der Waals surface area contributed by atoms with Gasteiger partial charge in [0.25, 0.3) is 5.56 Å². The molecule has 3 aliphatic heterocycles. The summed E-state index contributed by atoms with van der Waals surface area (Å²) in [6.45, 7) is 4.21. The third-order valence-electron chi connectivity index (χ3n) is 9.21. The minimum absolute atomic E-state index is 0. The van der Waals surface area contributed by atoms with Gasteiger partial charge in [0.05, 0.1) is 27.7 Å². The molecule has 3 aliphatic rings. The number of hydrogen-bond donors (Lipinski definition) is 3. The largest absolute Gasteiger partial charge is 1.00 e. The van der Waals surface area contributed by atoms with Gasteiger partial charge >= 0.3 is 6.03 Å². The molecule has 49 heavy (non-hydrogen) atoms. The number of anilines is 1. The van der Waals surface area contributed by atoms with Crippen molar-refractivity contribution in [3.05, 3.63) is 72.9 Å². The summed E-state index contributed by atoms with van der Waals surface area (Å²) in [5, 5.41) is 11.2. The molecule has 3 atom stereocenters. The number of halogens is 2. The van der Waals surface area contributed by atoms with Crippen LogP contribution in [0.25, 0.3) is 11.1 Å². The van der Waals surface area contributed by atoms with E-state index in [1.807, 2.05) is 60.6 Å². The van der Waals surface area contributed by atoms with Crippen molar-refractivity contribution in [2.75, 3.05) is 24.2 Å². The number of fused-ring (bicyclic) bond motifs is 2. The number of rotatable bonds is 14. The van der Waals surface area contributed by atoms with Crippen LogP contribution in [0.5, 0.6) is 0 Å². The van der Waals surface area contributed by atoms with Gasteiger partial charge in [-0.2, -0.15) is 16.3 Å². The van der Waals surface area contributed by atoms with Crippen molar-refractivity contribution in [2.24, 2.45) is 0 Å². The Labute approximate surface area is 311 Å². The molecule has 2 saturated heterocycles. The van der Waals surface area contributed by atoms with Crippen molar-refractivity contribution in [2.45, 2.75) is 93.6 Å². The second-order valence-corrected chi connectivity index (χ2v) is 16.2. The van der Waals surface area contributed by atoms with Crippen LogP contribution >= 0.6 is 46.5 Å². The Balaban J connectivity index is 0.00000468. The molecule has 6 rings (SSSR count). The Morgan fingerprint density at radius 1 is 1.08 bits per heavy atom. The summed E-state index contributed by atoms with van der Waals surface area (Å²) in [4.78, 5) is 40.5. The van der Waals surface area contributed by atoms with Crippen molar-refractivity contribution in [3.8, 4) is 0 Å². The third kappa shape index (κ3) is 8.81. The maximum Gasteiger partial charge on any atom is 0.315 e. The molecular formula is C35H44Cl2N6O3S3. The van der Waals surface area contributed by atoms with Crippen molar-refractivity contribution >= 4 is 75.2 Å². The van der Waals surface area contributed by atoms with Crippen LogP contribution in [-0.2, 0) is 17.9 Å². The fraction of sp³-hybridized carbons (Fsp3) is 0.486. The van der Waals surface area contributed by atoms with Crippen LogP contribution in [-0.4, -0.2) is 53.2 Å². The first kappa shape index (κ1) is 37.6. The van der Waals surface area contributed by atoms with E-state index in [0.29, 0.717) is 23.2 Å². The standard InChI is InChI=1S/C35H43ClN6O3S3.ClH/c1-3-42-29(47-32(33(42)44)34-40(2)26-15-12-14-24(36)31(26)48-34)21-23-13-8-11-20-41(23)19-10-5-4-9-18-37-28(43)17-7-6-16-27-30-25(22-46-27)38-35(45)39-30;/h8,11-15,20-21,25,27,30H,3-7,9-10,16-19,22H2,1-2H3,(H2-,37,38,39,43,45);1H/b34-32+;/t25-,27-,30-;/m0./s1. The van der Waals surface area contributed by atoms with E-state index in [4.69, 9.17) is 11.6 Å². The maximum absolute atomic E-state index is 13.6. The zero-order chi connectivity index (χ0) is 33.6. The Bertz CT molecular complexity index is 1830. The summed E-state index contributed by atoms with van der Waals surface area (Å²) < 4.78 is 5.78. The summed E-state index contributed by atoms with van der Waals surface area (Å²) in [6, 6.07) is 12.5. The Morgan fingerprint density at radius 2 is 1.92 bits per heavy atom. The molecular weight excluding hydrogens is 720 g/mol. The Morgan fingerprint density at radius 3 is 2.73 bits per heavy atom. The first-order chi connectivity index (χ1) is 23.3. The number of hydrogen-bond acceptors (Lipinski definition) is 7. The highest BCUT2D eigenvalue weighted by Gasteiger charge is 2.42. The third-order valence-corrected chi connectivity index (χ3v) is 13.7. The van der Waals surface area contributed by atoms with Gasteiger partial charge in [-0.05, 0) is 50.8 Å². The summed E-state index contributed by atoms with van der Waals surface area (Å²) in [6.07, 6.45) is 11.9. The van der Waals surface area contributed by atoms with Gasteiger partial charge in [-0.1, -0.05) is 42.3 Å². The number of thioether (sulfide) groups is 2. The smallest absolute Gasteiger partial charge is 0.315 e. The van der Waals surface area contributed by atoms with Crippen LogP contribution in [0.2, 0.25) is 5.02 Å². The number of pyridine rings is 1. The van der Waals surface area contributed by atoms with Crippen LogP contribution < -0.4 is 52.6 Å². The number of carbonyl (C=O) groups excluding carboxylic acids is 2. The van der Waals surface area contributed by atoms with Crippen molar-refractivity contribution < 1.29 is 26.6 Å². The molecule has 0 saturated carbocycles. The molecule has 3 amide bonds. The quantitative estimate of drug-likeness (QED) is 0.131. The van der Waals surface area contributed by atoms with Crippen LogP contribution in [0, 0.1) is 0 Å². The first-order valence-electron chi connectivity index (χ1n) is 16.9. The molecule has 264 valence electrons. The molecule has 0 bridgehead atoms. The zero-order valence-corrected chi connectivity index (χ0v) is 31.8. The topological polar surface area (TPSA) is 99.3 Å². The number of aromatic nitrogens is 2. The van der Waals surface area contributed by atoms with Gasteiger partial charge in [0.2, 0.25) is 11.6 Å². The lowest BCUT2D eigenvalue weighted by Crippen LogP contribution is -3.00. The Kier molecular flexibility index (Phi) is 13.5. The molecule has 3 aromatic rings. The minimum Gasteiger partial charge on any atom is -1.00 e. The number of nitrogens with zero attached hydrogens (tertiary/aromatic N) is 3. The summed E-state index contributed by atoms with van der Waals surface area (Å²) in [7, 11) is 1.99. The van der Waals surface area contributed by atoms with E-state index < -0.39 is 0 Å². The normalized spacial score (nSPS) is 20.9. The van der Waals surface area contributed by atoms with Crippen molar-refractivity contribution in [1.82, 2.24) is 20.5 Å². The molecule has 2 fully saturated rings. The van der Waals surface area contributed by atoms with Crippen molar-refractivity contribution in [3.63, 3.8) is 0 Å². The van der Waals surface area contributed by atoms with Gasteiger partial charge in [0.15, 0.2) is 6.20 Å². The lowest BCUT2D eigenvalue weighted by atomic mass is 10.0. The highest BCUT2D eigenvalue weighted by Crippen LogP contribution is 2.48. The number of amides is 3. The van der Waals surface area contributed by atoms with Crippen LogP contribution in [0.3, 0.4) is 0 Å². The van der Waals surface area contributed by atoms with E-state index in [0.717, 1.165) is 94.3 Å². The number of carbonyl (C=O) groups is 2. The Hall–Kier alpha value is -2.64. The summed E-state index contributed by atoms with van der Waals surface area (Å²) in [5.41, 5.74) is 2.12. The van der Waals surface area contributed by atoms with E-state index in [1.165, 1.54) is 11.3 Å². The predicted molar refractivity (Wildman–Crippen MR) is 198 cm³/mol. The van der Waals surface area contributed by atoms with Gasteiger partial charge in [-0.3, -0.25) is 14.2 Å². The minimum atomic E-state index is -0.0467. The van der Waals surface area contributed by atoms with Gasteiger partial charge in [-0.25, -0.2) is 4.79 Å². The second-order valence-electron chi connectivity index (χ2n) is 12.5. The molecule has 1 aromatic carbocycles. The van der Waals surface area contributed by atoms with E-state index >= 15 is 0 Å². The first-order valence-corrected chi connectivity index (χ1v) is 20.0. The number of benzene rings is 1. The molecule has 2 aromatic heterocycles. The molecule has 0 unspecified atom stereocenters. The highest BCUT2D eigenvalue weighted by atomic mass is 35.5. The van der Waals surface area contributed by atoms with Gasteiger partial charge < -0.3 is 33.3 Å². The van der Waals surface area contributed by atoms with E-state index in [1.54, 1.807) is 11.8 Å². The van der Waals surface area contributed by atoms with Crippen molar-refractivity contribution in [1.29, 1.82) is 0 Å². The molecule has 14 heteroatoms. The fourth-order valence-electron chi connectivity index (χ4n) is 6.61. The summed E-state index contributed by atoms with van der Waals surface area (Å²) >= 11 is 11.5. The summed E-state index contributed by atoms with van der Waals surface area (Å²) in [5.74, 6) is 1.11. The molecule has 0 aliphatic carbocycles. The number of aryl methyl sites for hydroxylation is 1. The second kappa shape index (κ2) is 17.5. The molecule has 0 spiro atoms.